The van der Waals surface area contributed by atoms with Gasteiger partial charge in [0.05, 0.1) is 0 Å². The average molecular weight is 653 g/mol. The summed E-state index contributed by atoms with van der Waals surface area (Å²) in [6.07, 6.45) is 0. The molecule has 9 aromatic rings. The van der Waals surface area contributed by atoms with Crippen molar-refractivity contribution in [3.63, 3.8) is 0 Å². The monoisotopic (exact) mass is 652 g/mol. The highest BCUT2D eigenvalue weighted by atomic mass is 15.2. The Morgan fingerprint density at radius 1 is 0.255 bits per heavy atom. The van der Waals surface area contributed by atoms with Gasteiger partial charge in [0.1, 0.15) is 0 Å². The molecule has 0 unspecified atom stereocenters. The van der Waals surface area contributed by atoms with Crippen LogP contribution in [0.25, 0.3) is 43.4 Å². The van der Waals surface area contributed by atoms with Crippen LogP contribution in [0, 0.1) is 6.92 Å². The molecule has 0 bridgehead atoms. The van der Waals surface area contributed by atoms with Crippen LogP contribution < -0.4 is 9.80 Å². The van der Waals surface area contributed by atoms with Crippen LogP contribution in [0.15, 0.2) is 200 Å². The highest BCUT2D eigenvalue weighted by molar-refractivity contribution is 6.25. The number of fused-ring (bicyclic) bond motifs is 6. The molecule has 0 heterocycles. The number of aryl methyl sites for hydroxylation is 1. The molecule has 2 heteroatoms. The number of hydrogen-bond donors (Lipinski definition) is 0. The van der Waals surface area contributed by atoms with Gasteiger partial charge in [0.25, 0.3) is 0 Å². The lowest BCUT2D eigenvalue weighted by molar-refractivity contribution is 1.25. The Morgan fingerprint density at radius 3 is 1.08 bits per heavy atom. The van der Waals surface area contributed by atoms with E-state index >= 15 is 0 Å². The third-order valence-corrected chi connectivity index (χ3v) is 9.80. The zero-order chi connectivity index (χ0) is 34.1. The van der Waals surface area contributed by atoms with Crippen molar-refractivity contribution in [1.29, 1.82) is 0 Å². The van der Waals surface area contributed by atoms with E-state index in [4.69, 9.17) is 0 Å². The molecule has 0 N–H and O–H groups in total. The highest BCUT2D eigenvalue weighted by Gasteiger charge is 2.20. The highest BCUT2D eigenvalue weighted by Crippen LogP contribution is 2.44. The van der Waals surface area contributed by atoms with E-state index in [0.29, 0.717) is 0 Å². The van der Waals surface area contributed by atoms with E-state index in [2.05, 4.69) is 217 Å². The molecule has 0 saturated heterocycles. The second-order valence-corrected chi connectivity index (χ2v) is 13.1. The Morgan fingerprint density at radius 2 is 0.627 bits per heavy atom. The molecule has 2 nitrogen and oxygen atoms in total. The van der Waals surface area contributed by atoms with Gasteiger partial charge in [-0.25, -0.2) is 0 Å². The van der Waals surface area contributed by atoms with Crippen LogP contribution in [0.4, 0.5) is 34.1 Å². The van der Waals surface area contributed by atoms with Gasteiger partial charge in [-0.05, 0) is 123 Å². The van der Waals surface area contributed by atoms with E-state index in [1.165, 1.54) is 43.4 Å². The van der Waals surface area contributed by atoms with E-state index in [0.717, 1.165) is 39.7 Å². The summed E-state index contributed by atoms with van der Waals surface area (Å²) < 4.78 is 0. The molecule has 0 amide bonds. The van der Waals surface area contributed by atoms with Gasteiger partial charge in [0.2, 0.25) is 0 Å². The van der Waals surface area contributed by atoms with Gasteiger partial charge >= 0.3 is 0 Å². The van der Waals surface area contributed by atoms with Gasteiger partial charge in [-0.2, -0.15) is 0 Å². The molecule has 0 aromatic heterocycles. The predicted molar refractivity (Wildman–Crippen MR) is 218 cm³/mol. The summed E-state index contributed by atoms with van der Waals surface area (Å²) in [6.45, 7) is 2.18. The van der Waals surface area contributed by atoms with Crippen molar-refractivity contribution < 1.29 is 0 Å². The van der Waals surface area contributed by atoms with E-state index < -0.39 is 0 Å². The summed E-state index contributed by atoms with van der Waals surface area (Å²) in [7, 11) is 0. The van der Waals surface area contributed by atoms with Crippen LogP contribution in [0.2, 0.25) is 0 Å². The van der Waals surface area contributed by atoms with Crippen molar-refractivity contribution in [2.75, 3.05) is 9.80 Å². The summed E-state index contributed by atoms with van der Waals surface area (Å²) in [5.41, 5.74) is 10.2. The fraction of sp³-hybridized carbons (Fsp3) is 0.0204. The zero-order valence-electron chi connectivity index (χ0n) is 28.4. The third kappa shape index (κ3) is 5.67. The van der Waals surface area contributed by atoms with Gasteiger partial charge in [-0.3, -0.25) is 0 Å². The van der Waals surface area contributed by atoms with Crippen LogP contribution in [-0.4, -0.2) is 0 Å². The first-order valence-electron chi connectivity index (χ1n) is 17.5. The fourth-order valence-corrected chi connectivity index (χ4v) is 7.47. The first-order chi connectivity index (χ1) is 25.2. The van der Waals surface area contributed by atoms with Crippen LogP contribution in [0.3, 0.4) is 0 Å². The maximum Gasteiger partial charge on any atom is 0.0488 e. The van der Waals surface area contributed by atoms with Crippen LogP contribution in [0.5, 0.6) is 0 Å². The number of benzene rings is 9. The number of nitrogens with zero attached hydrogens (tertiary/aromatic N) is 2. The van der Waals surface area contributed by atoms with Gasteiger partial charge in [-0.1, -0.05) is 133 Å². The normalized spacial score (nSPS) is 11.2. The first-order valence-corrected chi connectivity index (χ1v) is 17.5. The minimum Gasteiger partial charge on any atom is -0.310 e. The Kier molecular flexibility index (Phi) is 7.75. The molecule has 0 spiro atoms. The Balaban J connectivity index is 1.33. The zero-order valence-corrected chi connectivity index (χ0v) is 28.4. The number of hydrogen-bond acceptors (Lipinski definition) is 2. The van der Waals surface area contributed by atoms with Gasteiger partial charge in [0.15, 0.2) is 0 Å². The summed E-state index contributed by atoms with van der Waals surface area (Å²) in [4.78, 5) is 4.71. The molecule has 0 radical (unpaired) electrons. The van der Waals surface area contributed by atoms with Gasteiger partial charge < -0.3 is 9.80 Å². The maximum absolute atomic E-state index is 2.39. The van der Waals surface area contributed by atoms with Crippen molar-refractivity contribution in [3.05, 3.63) is 206 Å². The van der Waals surface area contributed by atoms with Crippen molar-refractivity contribution >= 4 is 66.4 Å². The SMILES string of the molecule is Cc1ccc2c3ccc(-c4cc(N(c5ccccc5)c5ccccc5)cc(N(c5ccccc5)c5ccccc5)c4)cc3c3ccccc3c2c1. The Bertz CT molecular complexity index is 2430. The Labute approximate surface area is 299 Å². The van der Waals surface area contributed by atoms with E-state index in [1.54, 1.807) is 0 Å². The maximum atomic E-state index is 2.39. The average Bonchev–Trinajstić information content (AvgIpc) is 3.20. The molecule has 0 aliphatic heterocycles. The molecule has 0 aliphatic carbocycles. The van der Waals surface area contributed by atoms with Crippen molar-refractivity contribution in [2.45, 2.75) is 6.92 Å². The van der Waals surface area contributed by atoms with Crippen LogP contribution in [0.1, 0.15) is 5.56 Å². The molecule has 0 fully saturated rings. The van der Waals surface area contributed by atoms with Crippen molar-refractivity contribution in [1.82, 2.24) is 0 Å². The third-order valence-electron chi connectivity index (χ3n) is 9.80. The minimum absolute atomic E-state index is 1.08. The summed E-state index contributed by atoms with van der Waals surface area (Å²) in [5.74, 6) is 0. The molecule has 242 valence electrons. The van der Waals surface area contributed by atoms with Crippen molar-refractivity contribution in [2.24, 2.45) is 0 Å². The quantitative estimate of drug-likeness (QED) is 0.158. The van der Waals surface area contributed by atoms with Crippen LogP contribution in [-0.2, 0) is 0 Å². The molecule has 9 aromatic carbocycles. The van der Waals surface area contributed by atoms with Crippen molar-refractivity contribution in [3.8, 4) is 11.1 Å². The summed E-state index contributed by atoms with van der Waals surface area (Å²) >= 11 is 0. The lowest BCUT2D eigenvalue weighted by Crippen LogP contribution is -2.13. The Hall–Kier alpha value is -6.64. The molecule has 0 saturated carbocycles. The topological polar surface area (TPSA) is 6.48 Å². The van der Waals surface area contributed by atoms with Gasteiger partial charge in [0, 0.05) is 34.1 Å². The molecular formula is C49H36N2. The largest absolute Gasteiger partial charge is 0.310 e. The second-order valence-electron chi connectivity index (χ2n) is 13.1. The summed E-state index contributed by atoms with van der Waals surface area (Å²) in [5, 5.41) is 7.68. The number of rotatable bonds is 7. The lowest BCUT2D eigenvalue weighted by Gasteiger charge is -2.30. The van der Waals surface area contributed by atoms with E-state index in [9.17, 15) is 0 Å². The molecule has 51 heavy (non-hydrogen) atoms. The molecular weight excluding hydrogens is 617 g/mol. The van der Waals surface area contributed by atoms with E-state index in [1.807, 2.05) is 0 Å². The smallest absolute Gasteiger partial charge is 0.0488 e. The van der Waals surface area contributed by atoms with Crippen LogP contribution >= 0.6 is 0 Å². The second kappa shape index (κ2) is 13.0. The van der Waals surface area contributed by atoms with Gasteiger partial charge in [-0.15, -0.1) is 0 Å². The first kappa shape index (κ1) is 30.4. The predicted octanol–water partition coefficient (Wildman–Crippen LogP) is 14.1. The fourth-order valence-electron chi connectivity index (χ4n) is 7.47. The lowest BCUT2D eigenvalue weighted by atomic mass is 9.91. The van der Waals surface area contributed by atoms with E-state index in [-0.39, 0.29) is 0 Å². The standard InChI is InChI=1S/C49H36N2/c1-35-26-28-46-47-29-27-36(33-49(47)45-25-15-14-24-44(45)48(46)30-35)37-31-42(50(38-16-6-2-7-17-38)39-18-8-3-9-19-39)34-43(32-37)51(40-20-10-4-11-21-40)41-22-12-5-13-23-41/h2-34H,1H3. The number of para-hydroxylation sites is 4. The molecule has 9 rings (SSSR count). The minimum atomic E-state index is 1.08. The number of anilines is 6. The molecule has 0 atom stereocenters. The molecule has 0 aliphatic rings. The summed E-state index contributed by atoms with van der Waals surface area (Å²) in [6, 6.07) is 72.3.